The summed E-state index contributed by atoms with van der Waals surface area (Å²) in [7, 11) is 0. The van der Waals surface area contributed by atoms with Gasteiger partial charge in [-0.2, -0.15) is 0 Å². The summed E-state index contributed by atoms with van der Waals surface area (Å²) in [4.78, 5) is 14.0. The summed E-state index contributed by atoms with van der Waals surface area (Å²) in [5, 5.41) is 29.4. The predicted molar refractivity (Wildman–Crippen MR) is 79.3 cm³/mol. The normalized spacial score (nSPS) is 15.1. The van der Waals surface area contributed by atoms with Crippen molar-refractivity contribution < 1.29 is 15.3 Å². The molecule has 0 spiro atoms. The molecule has 1 aliphatic rings. The first-order valence-corrected chi connectivity index (χ1v) is 6.40. The Labute approximate surface area is 119 Å². The first kappa shape index (κ1) is 13.1. The molecule has 21 heavy (non-hydrogen) atoms. The second-order valence-corrected chi connectivity index (χ2v) is 4.87. The Hall–Kier alpha value is -2.95. The Kier molecular flexibility index (Phi) is 3.02. The zero-order chi connectivity index (χ0) is 15.0. The van der Waals surface area contributed by atoms with E-state index in [0.29, 0.717) is 16.9 Å². The Morgan fingerprint density at radius 3 is 2.67 bits per heavy atom. The van der Waals surface area contributed by atoms with E-state index >= 15 is 0 Å². The Balaban J connectivity index is 2.09. The molecule has 106 valence electrons. The topological polar surface area (TPSA) is 93.6 Å². The van der Waals surface area contributed by atoms with Gasteiger partial charge in [0.2, 0.25) is 0 Å². The van der Waals surface area contributed by atoms with Gasteiger partial charge >= 0.3 is 0 Å². The maximum atomic E-state index is 11.7. The molecule has 0 fully saturated rings. The van der Waals surface area contributed by atoms with E-state index in [1.54, 1.807) is 12.1 Å². The molecule has 0 bridgehead atoms. The Morgan fingerprint density at radius 2 is 1.90 bits per heavy atom. The monoisotopic (exact) mass is 283 g/mol. The van der Waals surface area contributed by atoms with Gasteiger partial charge in [0.15, 0.2) is 17.4 Å². The molecule has 5 nitrogen and oxygen atoms in total. The van der Waals surface area contributed by atoms with E-state index in [1.807, 2.05) is 12.2 Å². The van der Waals surface area contributed by atoms with Crippen molar-refractivity contribution in [2.45, 2.75) is 6.42 Å². The second kappa shape index (κ2) is 4.86. The zero-order valence-corrected chi connectivity index (χ0v) is 11.0. The molecular formula is C16H13NO4. The average Bonchev–Trinajstić information content (AvgIpc) is 2.42. The molecule has 1 aromatic heterocycles. The molecule has 4 N–H and O–H groups in total. The van der Waals surface area contributed by atoms with Crippen LogP contribution in [0.4, 0.5) is 0 Å². The molecule has 0 saturated carbocycles. The van der Waals surface area contributed by atoms with Crippen LogP contribution in [-0.2, 0) is 0 Å². The predicted octanol–water partition coefficient (Wildman–Crippen LogP) is 0.540. The summed E-state index contributed by atoms with van der Waals surface area (Å²) in [6.45, 7) is 0. The smallest absolute Gasteiger partial charge is 0.258 e. The summed E-state index contributed by atoms with van der Waals surface area (Å²) in [6.07, 6.45) is 6.02. The van der Waals surface area contributed by atoms with Crippen molar-refractivity contribution >= 4 is 18.2 Å². The first-order valence-electron chi connectivity index (χ1n) is 6.40. The number of aromatic amines is 1. The van der Waals surface area contributed by atoms with Gasteiger partial charge in [0.05, 0.1) is 0 Å². The molecule has 3 rings (SSSR count). The minimum absolute atomic E-state index is 0.168. The van der Waals surface area contributed by atoms with E-state index in [4.69, 9.17) is 0 Å². The van der Waals surface area contributed by atoms with Crippen molar-refractivity contribution in [1.82, 2.24) is 4.98 Å². The number of pyridine rings is 1. The third kappa shape index (κ3) is 2.53. The lowest BCUT2D eigenvalue weighted by Gasteiger charge is -2.06. The fourth-order valence-electron chi connectivity index (χ4n) is 2.33. The lowest BCUT2D eigenvalue weighted by atomic mass is 10.0. The van der Waals surface area contributed by atoms with Gasteiger partial charge in [-0.3, -0.25) is 9.78 Å². The van der Waals surface area contributed by atoms with Gasteiger partial charge in [0.25, 0.3) is 5.56 Å². The number of aromatic hydroxyl groups is 3. The van der Waals surface area contributed by atoms with Gasteiger partial charge in [-0.15, -0.1) is 0 Å². The lowest BCUT2D eigenvalue weighted by molar-refractivity contribution is 0.403. The highest BCUT2D eigenvalue weighted by molar-refractivity contribution is 5.69. The third-order valence-corrected chi connectivity index (χ3v) is 3.32. The molecule has 0 saturated heterocycles. The summed E-state index contributed by atoms with van der Waals surface area (Å²) in [6, 6.07) is 6.05. The van der Waals surface area contributed by atoms with E-state index in [2.05, 4.69) is 4.98 Å². The number of benzene rings is 1. The standard InChI is InChI=1S/C16H13NO4/c18-13-4-2-10(7-14(13)19)5-9-1-3-12-11(6-9)8-15(20)17-16(12)21/h2-8,18-20H,1H2,(H,17,21). The molecule has 0 aliphatic heterocycles. The van der Waals surface area contributed by atoms with Crippen LogP contribution < -0.4 is 16.0 Å². The van der Waals surface area contributed by atoms with Crippen molar-refractivity contribution in [3.8, 4) is 17.4 Å². The summed E-state index contributed by atoms with van der Waals surface area (Å²) < 4.78 is 0. The molecule has 2 aromatic rings. The summed E-state index contributed by atoms with van der Waals surface area (Å²) >= 11 is 0. The lowest BCUT2D eigenvalue weighted by Crippen LogP contribution is -2.41. The fourth-order valence-corrected chi connectivity index (χ4v) is 2.33. The quantitative estimate of drug-likeness (QED) is 0.575. The number of aromatic nitrogens is 1. The highest BCUT2D eigenvalue weighted by atomic mass is 16.3. The maximum Gasteiger partial charge on any atom is 0.258 e. The minimum Gasteiger partial charge on any atom is -0.504 e. The molecule has 0 amide bonds. The molecule has 1 heterocycles. The van der Waals surface area contributed by atoms with Crippen molar-refractivity contribution in [2.24, 2.45) is 0 Å². The number of fused-ring (bicyclic) bond motifs is 1. The van der Waals surface area contributed by atoms with Crippen molar-refractivity contribution in [2.75, 3.05) is 0 Å². The van der Waals surface area contributed by atoms with Crippen LogP contribution in [0.25, 0.3) is 18.2 Å². The largest absolute Gasteiger partial charge is 0.504 e. The molecule has 5 heteroatoms. The van der Waals surface area contributed by atoms with Crippen LogP contribution in [0.5, 0.6) is 17.4 Å². The number of hydrogen-bond acceptors (Lipinski definition) is 4. The third-order valence-electron chi connectivity index (χ3n) is 3.32. The number of H-pyrrole nitrogens is 1. The summed E-state index contributed by atoms with van der Waals surface area (Å²) in [5.74, 6) is -0.524. The maximum absolute atomic E-state index is 11.7. The molecule has 1 aromatic carbocycles. The van der Waals surface area contributed by atoms with Gasteiger partial charge in [-0.1, -0.05) is 24.3 Å². The number of hydrogen-bond donors (Lipinski definition) is 4. The average molecular weight is 283 g/mol. The van der Waals surface area contributed by atoms with E-state index < -0.39 is 0 Å². The van der Waals surface area contributed by atoms with Crippen LogP contribution in [0.2, 0.25) is 0 Å². The minimum atomic E-state index is -0.317. The number of phenols is 2. The number of rotatable bonds is 1. The Morgan fingerprint density at radius 1 is 1.10 bits per heavy atom. The summed E-state index contributed by atoms with van der Waals surface area (Å²) in [5.41, 5.74) is 1.35. The van der Waals surface area contributed by atoms with Gasteiger partial charge in [-0.05, 0) is 34.9 Å². The second-order valence-electron chi connectivity index (χ2n) is 4.87. The van der Waals surface area contributed by atoms with Crippen LogP contribution in [0.15, 0.2) is 34.6 Å². The van der Waals surface area contributed by atoms with E-state index in [9.17, 15) is 20.1 Å². The van der Waals surface area contributed by atoms with Crippen LogP contribution >= 0.6 is 0 Å². The molecule has 0 unspecified atom stereocenters. The number of phenolic OH excluding ortho intramolecular Hbond substituents is 2. The zero-order valence-electron chi connectivity index (χ0n) is 11.0. The highest BCUT2D eigenvalue weighted by Gasteiger charge is 2.05. The number of nitrogens with one attached hydrogen (secondary N) is 1. The van der Waals surface area contributed by atoms with Crippen molar-refractivity contribution in [3.63, 3.8) is 0 Å². The number of allylic oxidation sites excluding steroid dienone is 1. The first-order chi connectivity index (χ1) is 10.0. The van der Waals surface area contributed by atoms with Crippen molar-refractivity contribution in [1.29, 1.82) is 0 Å². The van der Waals surface area contributed by atoms with Crippen LogP contribution in [0.1, 0.15) is 12.0 Å². The van der Waals surface area contributed by atoms with E-state index in [-0.39, 0.29) is 22.9 Å². The van der Waals surface area contributed by atoms with Crippen molar-refractivity contribution in [3.05, 3.63) is 56.2 Å². The van der Waals surface area contributed by atoms with Gasteiger partial charge in [-0.25, -0.2) is 0 Å². The van der Waals surface area contributed by atoms with Gasteiger partial charge in [0, 0.05) is 11.3 Å². The molecule has 1 aliphatic carbocycles. The van der Waals surface area contributed by atoms with E-state index in [0.717, 1.165) is 11.1 Å². The van der Waals surface area contributed by atoms with Crippen LogP contribution in [0, 0.1) is 0 Å². The fraction of sp³-hybridized carbons (Fsp3) is 0.0625. The van der Waals surface area contributed by atoms with Crippen LogP contribution in [-0.4, -0.2) is 20.3 Å². The van der Waals surface area contributed by atoms with E-state index in [1.165, 1.54) is 18.2 Å². The molecule has 0 atom stereocenters. The SMILES string of the molecule is O=c1[nH]c(O)cc2c1=CCC(=Cc1ccc(O)c(O)c1)C=2. The highest BCUT2D eigenvalue weighted by Crippen LogP contribution is 2.26. The molecular weight excluding hydrogens is 270 g/mol. The Bertz CT molecular complexity index is 922. The van der Waals surface area contributed by atoms with Gasteiger partial charge in [0.1, 0.15) is 0 Å². The van der Waals surface area contributed by atoms with Gasteiger partial charge < -0.3 is 15.3 Å². The molecule has 0 radical (unpaired) electrons. The van der Waals surface area contributed by atoms with Crippen LogP contribution in [0.3, 0.4) is 0 Å².